The Morgan fingerprint density at radius 2 is 1.90 bits per heavy atom. The maximum atomic E-state index is 13.3. The van der Waals surface area contributed by atoms with E-state index in [-0.39, 0.29) is 18.3 Å². The Kier molecular flexibility index (Phi) is 8.71. The van der Waals surface area contributed by atoms with Crippen molar-refractivity contribution in [2.75, 3.05) is 38.7 Å². The molecule has 29 heavy (non-hydrogen) atoms. The number of carbonyl (C=O) groups excluding carboxylic acids is 1. The van der Waals surface area contributed by atoms with Gasteiger partial charge in [0, 0.05) is 6.54 Å². The van der Waals surface area contributed by atoms with Gasteiger partial charge in [-0.1, -0.05) is 41.1 Å². The van der Waals surface area contributed by atoms with Gasteiger partial charge in [-0.15, -0.1) is 12.4 Å². The van der Waals surface area contributed by atoms with Crippen molar-refractivity contribution in [2.45, 2.75) is 13.3 Å². The number of hydrogen-bond acceptors (Lipinski definition) is 5. The zero-order chi connectivity index (χ0) is 20.1. The Morgan fingerprint density at radius 1 is 1.14 bits per heavy atom. The highest BCUT2D eigenvalue weighted by molar-refractivity contribution is 7.22. The molecule has 0 aliphatic rings. The lowest BCUT2D eigenvalue weighted by atomic mass is 10.2. The minimum atomic E-state index is -0.138. The number of aromatic nitrogens is 1. The van der Waals surface area contributed by atoms with Gasteiger partial charge in [-0.25, -0.2) is 4.98 Å². The summed E-state index contributed by atoms with van der Waals surface area (Å²) < 4.78 is 6.69. The lowest BCUT2D eigenvalue weighted by Crippen LogP contribution is -2.33. The number of anilines is 1. The largest absolute Gasteiger partial charge is 0.492 e. The van der Waals surface area contributed by atoms with Crippen LogP contribution in [0, 0.1) is 0 Å². The number of thiazole rings is 1. The highest BCUT2D eigenvalue weighted by atomic mass is 35.5. The van der Waals surface area contributed by atoms with Crippen molar-refractivity contribution in [3.63, 3.8) is 0 Å². The molecule has 0 spiro atoms. The van der Waals surface area contributed by atoms with Gasteiger partial charge in [0.25, 0.3) is 5.91 Å². The van der Waals surface area contributed by atoms with E-state index in [4.69, 9.17) is 21.3 Å². The van der Waals surface area contributed by atoms with Crippen LogP contribution in [-0.4, -0.2) is 49.6 Å². The van der Waals surface area contributed by atoms with Gasteiger partial charge in [0.1, 0.15) is 11.3 Å². The van der Waals surface area contributed by atoms with E-state index in [1.54, 1.807) is 17.0 Å². The van der Waals surface area contributed by atoms with Gasteiger partial charge in [-0.2, -0.15) is 0 Å². The first-order chi connectivity index (χ1) is 13.5. The number of fused-ring (bicyclic) bond motifs is 1. The first-order valence-corrected chi connectivity index (χ1v) is 10.4. The SMILES string of the molecule is CCOc1cccc2sc(N(CCCN(C)C)C(=O)c3ccccc3Cl)nc12.Cl. The van der Waals surface area contributed by atoms with Crippen LogP contribution in [0.4, 0.5) is 5.13 Å². The normalized spacial score (nSPS) is 10.8. The van der Waals surface area contributed by atoms with Gasteiger partial charge in [0.15, 0.2) is 5.13 Å². The zero-order valence-corrected chi connectivity index (χ0v) is 19.1. The summed E-state index contributed by atoms with van der Waals surface area (Å²) in [6.45, 7) is 3.95. The molecule has 0 saturated carbocycles. The molecule has 1 heterocycles. The predicted molar refractivity (Wildman–Crippen MR) is 124 cm³/mol. The zero-order valence-electron chi connectivity index (χ0n) is 16.7. The number of carbonyl (C=O) groups is 1. The molecule has 0 saturated heterocycles. The van der Waals surface area contributed by atoms with Gasteiger partial charge < -0.3 is 9.64 Å². The van der Waals surface area contributed by atoms with Gasteiger partial charge in [-0.3, -0.25) is 9.69 Å². The summed E-state index contributed by atoms with van der Waals surface area (Å²) in [6.07, 6.45) is 0.831. The molecule has 1 amide bonds. The van der Waals surface area contributed by atoms with Gasteiger partial charge >= 0.3 is 0 Å². The molecule has 0 aliphatic carbocycles. The molecule has 8 heteroatoms. The second kappa shape index (κ2) is 10.8. The lowest BCUT2D eigenvalue weighted by Gasteiger charge is -2.21. The Hall–Kier alpha value is -1.86. The minimum Gasteiger partial charge on any atom is -0.492 e. The average molecular weight is 454 g/mol. The van der Waals surface area contributed by atoms with Gasteiger partial charge in [0.05, 0.1) is 21.9 Å². The molecule has 0 fully saturated rings. The standard InChI is InChI=1S/C21H24ClN3O2S.ClH/c1-4-27-17-11-7-12-18-19(17)23-21(28-18)25(14-8-13-24(2)3)20(26)15-9-5-6-10-16(15)22;/h5-7,9-12H,4,8,13-14H2,1-3H3;1H. The summed E-state index contributed by atoms with van der Waals surface area (Å²) >= 11 is 7.78. The first kappa shape index (κ1) is 23.4. The van der Waals surface area contributed by atoms with Crippen LogP contribution in [0.2, 0.25) is 5.02 Å². The van der Waals surface area contributed by atoms with Gasteiger partial charge in [0.2, 0.25) is 0 Å². The molecule has 0 unspecified atom stereocenters. The fraction of sp³-hybridized carbons (Fsp3) is 0.333. The molecular formula is C21H25Cl2N3O2S. The molecule has 3 aromatic rings. The van der Waals surface area contributed by atoms with Gasteiger partial charge in [-0.05, 0) is 58.3 Å². The van der Waals surface area contributed by atoms with Crippen molar-refractivity contribution in [3.8, 4) is 5.75 Å². The summed E-state index contributed by atoms with van der Waals surface area (Å²) in [4.78, 5) is 21.9. The second-order valence-electron chi connectivity index (χ2n) is 6.63. The third kappa shape index (κ3) is 5.60. The van der Waals surface area contributed by atoms with Crippen LogP contribution in [0.5, 0.6) is 5.75 Å². The van der Waals surface area contributed by atoms with Crippen molar-refractivity contribution in [1.82, 2.24) is 9.88 Å². The summed E-state index contributed by atoms with van der Waals surface area (Å²) in [5.41, 5.74) is 1.27. The fourth-order valence-corrected chi connectivity index (χ4v) is 4.13. The molecule has 0 bridgehead atoms. The predicted octanol–water partition coefficient (Wildman–Crippen LogP) is 5.37. The molecule has 5 nitrogen and oxygen atoms in total. The van der Waals surface area contributed by atoms with E-state index in [1.807, 2.05) is 51.4 Å². The van der Waals surface area contributed by atoms with E-state index in [1.165, 1.54) is 11.3 Å². The van der Waals surface area contributed by atoms with Crippen molar-refractivity contribution >= 4 is 56.6 Å². The van der Waals surface area contributed by atoms with Crippen LogP contribution in [0.15, 0.2) is 42.5 Å². The molecule has 0 radical (unpaired) electrons. The Labute approximate surface area is 186 Å². The monoisotopic (exact) mass is 453 g/mol. The summed E-state index contributed by atoms with van der Waals surface area (Å²) in [5.74, 6) is 0.599. The highest BCUT2D eigenvalue weighted by Gasteiger charge is 2.23. The Bertz CT molecular complexity index is 962. The van der Waals surface area contributed by atoms with E-state index in [2.05, 4.69) is 4.90 Å². The van der Waals surface area contributed by atoms with Crippen molar-refractivity contribution in [1.29, 1.82) is 0 Å². The molecule has 0 atom stereocenters. The number of amides is 1. The number of ether oxygens (including phenoxy) is 1. The topological polar surface area (TPSA) is 45.7 Å². The van der Waals surface area contributed by atoms with E-state index in [0.717, 1.165) is 28.9 Å². The first-order valence-electron chi connectivity index (χ1n) is 9.24. The molecular weight excluding hydrogens is 429 g/mol. The number of rotatable bonds is 8. The van der Waals surface area contributed by atoms with E-state index in [0.29, 0.717) is 28.9 Å². The molecule has 2 aromatic carbocycles. The molecule has 3 rings (SSSR count). The van der Waals surface area contributed by atoms with Crippen LogP contribution in [-0.2, 0) is 0 Å². The lowest BCUT2D eigenvalue weighted by molar-refractivity contribution is 0.0986. The number of para-hydroxylation sites is 1. The quantitative estimate of drug-likeness (QED) is 0.459. The molecule has 0 N–H and O–H groups in total. The maximum absolute atomic E-state index is 13.3. The maximum Gasteiger partial charge on any atom is 0.261 e. The van der Waals surface area contributed by atoms with Crippen molar-refractivity contribution in [3.05, 3.63) is 53.1 Å². The highest BCUT2D eigenvalue weighted by Crippen LogP contribution is 2.35. The second-order valence-corrected chi connectivity index (χ2v) is 8.04. The van der Waals surface area contributed by atoms with Crippen LogP contribution in [0.1, 0.15) is 23.7 Å². The number of nitrogens with zero attached hydrogens (tertiary/aromatic N) is 3. The molecule has 156 valence electrons. The van der Waals surface area contributed by atoms with Crippen LogP contribution >= 0.6 is 35.3 Å². The van der Waals surface area contributed by atoms with Crippen LogP contribution < -0.4 is 9.64 Å². The van der Waals surface area contributed by atoms with Crippen molar-refractivity contribution < 1.29 is 9.53 Å². The van der Waals surface area contributed by atoms with E-state index >= 15 is 0 Å². The smallest absolute Gasteiger partial charge is 0.261 e. The third-order valence-electron chi connectivity index (χ3n) is 4.24. The van der Waals surface area contributed by atoms with Crippen LogP contribution in [0.3, 0.4) is 0 Å². The summed E-state index contributed by atoms with van der Waals surface area (Å²) in [5, 5.41) is 1.10. The average Bonchev–Trinajstić information content (AvgIpc) is 3.10. The minimum absolute atomic E-state index is 0. The molecule has 1 aromatic heterocycles. The number of benzene rings is 2. The number of hydrogen-bond donors (Lipinski definition) is 0. The van der Waals surface area contributed by atoms with Crippen molar-refractivity contribution in [2.24, 2.45) is 0 Å². The fourth-order valence-electron chi connectivity index (χ4n) is 2.91. The van der Waals surface area contributed by atoms with Crippen LogP contribution in [0.25, 0.3) is 10.2 Å². The molecule has 0 aliphatic heterocycles. The summed E-state index contributed by atoms with van der Waals surface area (Å²) in [6, 6.07) is 13.0. The summed E-state index contributed by atoms with van der Waals surface area (Å²) in [7, 11) is 4.04. The Balaban J connectivity index is 0.00000300. The third-order valence-corrected chi connectivity index (χ3v) is 5.61. The Morgan fingerprint density at radius 3 is 2.59 bits per heavy atom. The van der Waals surface area contributed by atoms with E-state index < -0.39 is 0 Å². The van der Waals surface area contributed by atoms with E-state index in [9.17, 15) is 4.79 Å². The number of halogens is 2.